The van der Waals surface area contributed by atoms with Crippen LogP contribution in [0, 0.1) is 5.92 Å². The average molecular weight is 156 g/mol. The third-order valence-electron chi connectivity index (χ3n) is 2.24. The summed E-state index contributed by atoms with van der Waals surface area (Å²) >= 11 is 0. The molecule has 0 amide bonds. The normalized spacial score (nSPS) is 27.8. The molecule has 1 aliphatic rings. The van der Waals surface area contributed by atoms with Gasteiger partial charge in [-0.2, -0.15) is 0 Å². The minimum atomic E-state index is 0.728. The van der Waals surface area contributed by atoms with Crippen LogP contribution in [-0.4, -0.2) is 37.1 Å². The second-order valence-electron chi connectivity index (χ2n) is 3.94. The highest BCUT2D eigenvalue weighted by Gasteiger charge is 2.17. The molecule has 0 spiro atoms. The summed E-state index contributed by atoms with van der Waals surface area (Å²) in [5, 5.41) is 3.40. The van der Waals surface area contributed by atoms with Gasteiger partial charge in [-0.25, -0.2) is 0 Å². The van der Waals surface area contributed by atoms with Crippen LogP contribution in [0.5, 0.6) is 0 Å². The van der Waals surface area contributed by atoms with E-state index in [1.165, 1.54) is 13.1 Å². The Labute approximate surface area is 70.0 Å². The molecular formula is C9H20N2. The van der Waals surface area contributed by atoms with Crippen molar-refractivity contribution >= 4 is 0 Å². The summed E-state index contributed by atoms with van der Waals surface area (Å²) in [6.45, 7) is 11.7. The molecule has 1 atom stereocenters. The lowest BCUT2D eigenvalue weighted by molar-refractivity contribution is 0.156. The molecule has 0 radical (unpaired) electrons. The average Bonchev–Trinajstić information content (AvgIpc) is 1.93. The fraction of sp³-hybridized carbons (Fsp3) is 1.00. The molecule has 0 aromatic heterocycles. The largest absolute Gasteiger partial charge is 0.314 e. The van der Waals surface area contributed by atoms with Crippen molar-refractivity contribution in [2.45, 2.75) is 26.8 Å². The van der Waals surface area contributed by atoms with E-state index < -0.39 is 0 Å². The lowest BCUT2D eigenvalue weighted by atomic mass is 10.1. The second-order valence-corrected chi connectivity index (χ2v) is 3.94. The summed E-state index contributed by atoms with van der Waals surface area (Å²) in [5.41, 5.74) is 0. The molecule has 2 heteroatoms. The van der Waals surface area contributed by atoms with Gasteiger partial charge in [0.05, 0.1) is 0 Å². The molecule has 1 fully saturated rings. The zero-order valence-electron chi connectivity index (χ0n) is 7.93. The van der Waals surface area contributed by atoms with Gasteiger partial charge in [-0.3, -0.25) is 4.90 Å². The fourth-order valence-corrected chi connectivity index (χ4v) is 1.62. The van der Waals surface area contributed by atoms with Crippen molar-refractivity contribution in [3.63, 3.8) is 0 Å². The third kappa shape index (κ3) is 2.80. The van der Waals surface area contributed by atoms with E-state index in [-0.39, 0.29) is 0 Å². The molecule has 1 saturated heterocycles. The van der Waals surface area contributed by atoms with Crippen LogP contribution in [0.3, 0.4) is 0 Å². The maximum atomic E-state index is 3.40. The molecule has 11 heavy (non-hydrogen) atoms. The Bertz CT molecular complexity index is 112. The summed E-state index contributed by atoms with van der Waals surface area (Å²) in [5.74, 6) is 0.801. The van der Waals surface area contributed by atoms with Crippen molar-refractivity contribution in [3.05, 3.63) is 0 Å². The Morgan fingerprint density at radius 1 is 1.55 bits per heavy atom. The van der Waals surface area contributed by atoms with Gasteiger partial charge in [0.25, 0.3) is 0 Å². The molecule has 1 rings (SSSR count). The van der Waals surface area contributed by atoms with Crippen LogP contribution < -0.4 is 5.32 Å². The van der Waals surface area contributed by atoms with Gasteiger partial charge in [-0.15, -0.1) is 0 Å². The maximum Gasteiger partial charge on any atom is 0.0193 e. The Kier molecular flexibility index (Phi) is 3.34. The summed E-state index contributed by atoms with van der Waals surface area (Å²) < 4.78 is 0. The zero-order chi connectivity index (χ0) is 8.27. The van der Waals surface area contributed by atoms with Crippen LogP contribution in [0.25, 0.3) is 0 Å². The molecule has 1 unspecified atom stereocenters. The highest BCUT2D eigenvalue weighted by atomic mass is 15.2. The van der Waals surface area contributed by atoms with Gasteiger partial charge in [-0.05, 0) is 12.8 Å². The molecule has 0 aliphatic carbocycles. The maximum absolute atomic E-state index is 3.40. The molecule has 1 aliphatic heterocycles. The Hall–Kier alpha value is -0.0800. The van der Waals surface area contributed by atoms with Crippen molar-refractivity contribution in [2.24, 2.45) is 5.92 Å². The Morgan fingerprint density at radius 3 is 2.82 bits per heavy atom. The van der Waals surface area contributed by atoms with Crippen molar-refractivity contribution < 1.29 is 0 Å². The SMILES string of the molecule is CC(C)CN1CCNCC1C. The fourth-order valence-electron chi connectivity index (χ4n) is 1.62. The molecule has 0 saturated carbocycles. The number of nitrogens with one attached hydrogen (secondary N) is 1. The van der Waals surface area contributed by atoms with Crippen molar-refractivity contribution in [3.8, 4) is 0 Å². The molecule has 0 aromatic carbocycles. The van der Waals surface area contributed by atoms with Gasteiger partial charge in [0.1, 0.15) is 0 Å². The summed E-state index contributed by atoms with van der Waals surface area (Å²) in [6, 6.07) is 0.728. The van der Waals surface area contributed by atoms with Crippen molar-refractivity contribution in [2.75, 3.05) is 26.2 Å². The molecule has 0 aromatic rings. The first-order chi connectivity index (χ1) is 5.20. The number of hydrogen-bond donors (Lipinski definition) is 1. The number of nitrogens with zero attached hydrogens (tertiary/aromatic N) is 1. The van der Waals surface area contributed by atoms with Gasteiger partial charge in [-0.1, -0.05) is 13.8 Å². The quantitative estimate of drug-likeness (QED) is 0.640. The molecule has 0 bridgehead atoms. The van der Waals surface area contributed by atoms with Crippen LogP contribution >= 0.6 is 0 Å². The number of rotatable bonds is 2. The van der Waals surface area contributed by atoms with Crippen LogP contribution in [0.1, 0.15) is 20.8 Å². The highest BCUT2D eigenvalue weighted by molar-refractivity contribution is 4.76. The second kappa shape index (κ2) is 4.07. The molecular weight excluding hydrogens is 136 g/mol. The van der Waals surface area contributed by atoms with E-state index in [1.807, 2.05) is 0 Å². The predicted octanol–water partition coefficient (Wildman–Crippen LogP) is 0.936. The smallest absolute Gasteiger partial charge is 0.0193 e. The van der Waals surface area contributed by atoms with Gasteiger partial charge in [0, 0.05) is 32.2 Å². The summed E-state index contributed by atoms with van der Waals surface area (Å²) in [6.07, 6.45) is 0. The van der Waals surface area contributed by atoms with E-state index >= 15 is 0 Å². The Balaban J connectivity index is 2.29. The first-order valence-corrected chi connectivity index (χ1v) is 4.65. The lowest BCUT2D eigenvalue weighted by Gasteiger charge is -2.34. The summed E-state index contributed by atoms with van der Waals surface area (Å²) in [4.78, 5) is 2.57. The zero-order valence-corrected chi connectivity index (χ0v) is 7.93. The predicted molar refractivity (Wildman–Crippen MR) is 48.7 cm³/mol. The van der Waals surface area contributed by atoms with Crippen LogP contribution in [0.4, 0.5) is 0 Å². The van der Waals surface area contributed by atoms with Gasteiger partial charge < -0.3 is 5.32 Å². The van der Waals surface area contributed by atoms with E-state index in [9.17, 15) is 0 Å². The van der Waals surface area contributed by atoms with Gasteiger partial charge in [0.15, 0.2) is 0 Å². The first-order valence-electron chi connectivity index (χ1n) is 4.65. The van der Waals surface area contributed by atoms with E-state index in [2.05, 4.69) is 31.0 Å². The lowest BCUT2D eigenvalue weighted by Crippen LogP contribution is -2.50. The topological polar surface area (TPSA) is 15.3 Å². The third-order valence-corrected chi connectivity index (χ3v) is 2.24. The molecule has 2 nitrogen and oxygen atoms in total. The highest BCUT2D eigenvalue weighted by Crippen LogP contribution is 2.05. The van der Waals surface area contributed by atoms with Gasteiger partial charge in [0.2, 0.25) is 0 Å². The van der Waals surface area contributed by atoms with Gasteiger partial charge >= 0.3 is 0 Å². The van der Waals surface area contributed by atoms with E-state index in [1.54, 1.807) is 0 Å². The van der Waals surface area contributed by atoms with Crippen LogP contribution in [0.2, 0.25) is 0 Å². The van der Waals surface area contributed by atoms with Crippen molar-refractivity contribution in [1.82, 2.24) is 10.2 Å². The monoisotopic (exact) mass is 156 g/mol. The minimum Gasteiger partial charge on any atom is -0.314 e. The van der Waals surface area contributed by atoms with E-state index in [4.69, 9.17) is 0 Å². The van der Waals surface area contributed by atoms with Crippen LogP contribution in [0.15, 0.2) is 0 Å². The Morgan fingerprint density at radius 2 is 2.27 bits per heavy atom. The number of hydrogen-bond acceptors (Lipinski definition) is 2. The molecule has 1 N–H and O–H groups in total. The van der Waals surface area contributed by atoms with Crippen molar-refractivity contribution in [1.29, 1.82) is 0 Å². The standard InChI is InChI=1S/C9H20N2/c1-8(2)7-11-5-4-10-6-9(11)3/h8-10H,4-7H2,1-3H3. The first kappa shape index (κ1) is 9.01. The van der Waals surface area contributed by atoms with E-state index in [0.29, 0.717) is 0 Å². The molecule has 1 heterocycles. The molecule has 66 valence electrons. The minimum absolute atomic E-state index is 0.728. The number of piperazine rings is 1. The summed E-state index contributed by atoms with van der Waals surface area (Å²) in [7, 11) is 0. The van der Waals surface area contributed by atoms with E-state index in [0.717, 1.165) is 25.0 Å². The van der Waals surface area contributed by atoms with Crippen LogP contribution in [-0.2, 0) is 0 Å².